The van der Waals surface area contributed by atoms with Crippen molar-refractivity contribution in [3.05, 3.63) is 27.2 Å². The number of halogens is 4. The van der Waals surface area contributed by atoms with Crippen molar-refractivity contribution in [2.75, 3.05) is 6.61 Å². The Balaban J connectivity index is 3.31. The van der Waals surface area contributed by atoms with Crippen LogP contribution in [-0.2, 0) is 9.09 Å². The van der Waals surface area contributed by atoms with E-state index >= 15 is 0 Å². The van der Waals surface area contributed by atoms with Crippen molar-refractivity contribution < 1.29 is 9.09 Å². The summed E-state index contributed by atoms with van der Waals surface area (Å²) in [5, 5.41) is 0.722. The van der Waals surface area contributed by atoms with Crippen molar-refractivity contribution in [3.63, 3.8) is 0 Å². The van der Waals surface area contributed by atoms with Gasteiger partial charge in [-0.1, -0.05) is 34.8 Å². The van der Waals surface area contributed by atoms with Crippen LogP contribution in [0.2, 0.25) is 15.1 Å². The molecule has 1 aromatic rings. The SMILES string of the molecule is CCOP(=O)(Cl)c1c(Cl)cc(Cl)cc1Cl. The molecule has 0 bridgehead atoms. The van der Waals surface area contributed by atoms with Crippen molar-refractivity contribution in [1.82, 2.24) is 0 Å². The Morgan fingerprint density at radius 3 is 2.13 bits per heavy atom. The van der Waals surface area contributed by atoms with Crippen LogP contribution < -0.4 is 5.30 Å². The molecule has 84 valence electrons. The fraction of sp³-hybridized carbons (Fsp3) is 0.250. The molecule has 0 aromatic heterocycles. The highest BCUT2D eigenvalue weighted by molar-refractivity contribution is 7.91. The minimum Gasteiger partial charge on any atom is -0.314 e. The summed E-state index contributed by atoms with van der Waals surface area (Å²) >= 11 is 23.2. The average Bonchev–Trinajstić information content (AvgIpc) is 1.99. The lowest BCUT2D eigenvalue weighted by atomic mass is 10.4. The van der Waals surface area contributed by atoms with Crippen LogP contribution in [0, 0.1) is 0 Å². The fourth-order valence-electron chi connectivity index (χ4n) is 1.02. The zero-order valence-corrected chi connectivity index (χ0v) is 11.6. The van der Waals surface area contributed by atoms with Crippen LogP contribution in [0.4, 0.5) is 0 Å². The Bertz CT molecular complexity index is 398. The lowest BCUT2D eigenvalue weighted by Crippen LogP contribution is -2.07. The van der Waals surface area contributed by atoms with Gasteiger partial charge in [-0.2, -0.15) is 0 Å². The largest absolute Gasteiger partial charge is 0.322 e. The van der Waals surface area contributed by atoms with E-state index in [-0.39, 0.29) is 22.0 Å². The number of benzene rings is 1. The van der Waals surface area contributed by atoms with E-state index in [1.165, 1.54) is 12.1 Å². The van der Waals surface area contributed by atoms with E-state index in [0.29, 0.717) is 5.02 Å². The molecule has 1 aromatic carbocycles. The maximum Gasteiger partial charge on any atom is 0.322 e. The van der Waals surface area contributed by atoms with Crippen LogP contribution in [0.25, 0.3) is 0 Å². The van der Waals surface area contributed by atoms with Gasteiger partial charge in [-0.15, -0.1) is 0 Å². The Labute approximate surface area is 108 Å². The summed E-state index contributed by atoms with van der Waals surface area (Å²) in [5.74, 6) is 0. The Morgan fingerprint density at radius 2 is 1.73 bits per heavy atom. The summed E-state index contributed by atoms with van der Waals surface area (Å²) < 4.78 is 16.8. The second-order valence-electron chi connectivity index (χ2n) is 2.62. The topological polar surface area (TPSA) is 26.3 Å². The van der Waals surface area contributed by atoms with Gasteiger partial charge in [0.15, 0.2) is 0 Å². The Morgan fingerprint density at radius 1 is 1.27 bits per heavy atom. The van der Waals surface area contributed by atoms with Gasteiger partial charge in [0.1, 0.15) is 0 Å². The zero-order chi connectivity index (χ0) is 11.6. The molecule has 0 aliphatic rings. The molecule has 0 saturated carbocycles. The quantitative estimate of drug-likeness (QED) is 0.754. The molecule has 0 aliphatic heterocycles. The van der Waals surface area contributed by atoms with Gasteiger partial charge in [0.2, 0.25) is 0 Å². The lowest BCUT2D eigenvalue weighted by Gasteiger charge is -2.13. The second-order valence-corrected chi connectivity index (χ2v) is 6.87. The molecule has 2 nitrogen and oxygen atoms in total. The molecule has 0 radical (unpaired) electrons. The summed E-state index contributed by atoms with van der Waals surface area (Å²) in [6.45, 7) is -1.61. The number of hydrogen-bond acceptors (Lipinski definition) is 2. The predicted molar refractivity (Wildman–Crippen MR) is 66.2 cm³/mol. The van der Waals surface area contributed by atoms with Gasteiger partial charge in [-0.25, -0.2) is 0 Å². The number of hydrogen-bond donors (Lipinski definition) is 0. The van der Waals surface area contributed by atoms with Gasteiger partial charge in [0, 0.05) is 5.02 Å². The van der Waals surface area contributed by atoms with E-state index < -0.39 is 6.72 Å². The minimum absolute atomic E-state index is 0.0961. The molecule has 0 aliphatic carbocycles. The molecule has 7 heteroatoms. The summed E-state index contributed by atoms with van der Waals surface area (Å²) in [6.07, 6.45) is 0. The highest BCUT2D eigenvalue weighted by atomic mass is 35.7. The smallest absolute Gasteiger partial charge is 0.314 e. The van der Waals surface area contributed by atoms with E-state index in [0.717, 1.165) is 0 Å². The Kier molecular flexibility index (Phi) is 4.79. The maximum atomic E-state index is 11.9. The molecule has 15 heavy (non-hydrogen) atoms. The van der Waals surface area contributed by atoms with Crippen LogP contribution in [0.1, 0.15) is 6.92 Å². The predicted octanol–water partition coefficient (Wildman–Crippen LogP) is 4.74. The van der Waals surface area contributed by atoms with Gasteiger partial charge in [-0.05, 0) is 30.3 Å². The molecule has 0 saturated heterocycles. The highest BCUT2D eigenvalue weighted by Gasteiger charge is 2.28. The van der Waals surface area contributed by atoms with Crippen LogP contribution in [0.15, 0.2) is 12.1 Å². The van der Waals surface area contributed by atoms with Gasteiger partial charge in [-0.3, -0.25) is 4.57 Å². The summed E-state index contributed by atoms with van der Waals surface area (Å²) in [7, 11) is 0. The van der Waals surface area contributed by atoms with Crippen LogP contribution in [-0.4, -0.2) is 6.61 Å². The lowest BCUT2D eigenvalue weighted by molar-refractivity contribution is 0.352. The molecular weight excluding hydrogens is 301 g/mol. The van der Waals surface area contributed by atoms with Crippen LogP contribution in [0.5, 0.6) is 0 Å². The van der Waals surface area contributed by atoms with Crippen molar-refractivity contribution >= 4 is 58.1 Å². The Hall–Kier alpha value is 0.570. The van der Waals surface area contributed by atoms with Crippen molar-refractivity contribution in [2.24, 2.45) is 0 Å². The zero-order valence-electron chi connectivity index (χ0n) is 7.64. The van der Waals surface area contributed by atoms with Crippen LogP contribution >= 0.6 is 52.8 Å². The highest BCUT2D eigenvalue weighted by Crippen LogP contribution is 2.54. The van der Waals surface area contributed by atoms with Gasteiger partial charge in [0.05, 0.1) is 22.0 Å². The summed E-state index contributed by atoms with van der Waals surface area (Å²) in [6, 6.07) is 2.83. The molecule has 0 spiro atoms. The first-order valence-corrected chi connectivity index (χ1v) is 7.64. The van der Waals surface area contributed by atoms with Crippen molar-refractivity contribution in [3.8, 4) is 0 Å². The van der Waals surface area contributed by atoms with Crippen LogP contribution in [0.3, 0.4) is 0 Å². The monoisotopic (exact) mass is 306 g/mol. The second kappa shape index (κ2) is 5.27. The van der Waals surface area contributed by atoms with E-state index in [9.17, 15) is 4.57 Å². The van der Waals surface area contributed by atoms with Gasteiger partial charge >= 0.3 is 6.72 Å². The van der Waals surface area contributed by atoms with E-state index in [1.807, 2.05) is 0 Å². The minimum atomic E-state index is -3.49. The summed E-state index contributed by atoms with van der Waals surface area (Å²) in [5.41, 5.74) is 0. The maximum absolute atomic E-state index is 11.9. The van der Waals surface area contributed by atoms with Crippen molar-refractivity contribution in [1.29, 1.82) is 0 Å². The molecule has 1 atom stereocenters. The average molecular weight is 308 g/mol. The molecule has 1 unspecified atom stereocenters. The third-order valence-corrected chi connectivity index (χ3v) is 5.03. The molecular formula is C8H7Cl4O2P. The molecule has 0 fully saturated rings. The third kappa shape index (κ3) is 3.26. The first-order chi connectivity index (χ1) is 6.88. The van der Waals surface area contributed by atoms with E-state index in [1.54, 1.807) is 6.92 Å². The molecule has 0 heterocycles. The molecule has 0 amide bonds. The molecule has 1 rings (SSSR count). The normalized spacial score (nSPS) is 15.0. The standard InChI is InChI=1S/C8H7Cl4O2P/c1-2-14-15(12,13)8-6(10)3-5(9)4-7(8)11/h3-4H,2H2,1H3. The first kappa shape index (κ1) is 13.6. The third-order valence-electron chi connectivity index (χ3n) is 1.54. The van der Waals surface area contributed by atoms with Gasteiger partial charge < -0.3 is 4.52 Å². The molecule has 0 N–H and O–H groups in total. The summed E-state index contributed by atoms with van der Waals surface area (Å²) in [4.78, 5) is 0. The van der Waals surface area contributed by atoms with Gasteiger partial charge in [0.25, 0.3) is 0 Å². The van der Waals surface area contributed by atoms with E-state index in [4.69, 9.17) is 50.6 Å². The van der Waals surface area contributed by atoms with Crippen molar-refractivity contribution in [2.45, 2.75) is 6.92 Å². The van der Waals surface area contributed by atoms with E-state index in [2.05, 4.69) is 0 Å². The number of rotatable bonds is 3. The first-order valence-electron chi connectivity index (χ1n) is 3.98. The fourth-order valence-corrected chi connectivity index (χ4v) is 4.70.